The Hall–Kier alpha value is -1.93. The normalized spacial score (nSPS) is 18.3. The first kappa shape index (κ1) is 25.7. The van der Waals surface area contributed by atoms with Crippen LogP contribution in [0.15, 0.2) is 42.6 Å². The third kappa shape index (κ3) is 4.83. The van der Waals surface area contributed by atoms with Gasteiger partial charge in [-0.05, 0) is 84.2 Å². The van der Waals surface area contributed by atoms with Gasteiger partial charge in [-0.1, -0.05) is 88.9 Å². The SMILES string of the molecule is Cc1c(-c2c3ccc([Si](C)(C)C(C)C)cc3cc[n+]2C)cc(C2CCCCC2)cc1C1CCCCC1. The van der Waals surface area contributed by atoms with Gasteiger partial charge in [-0.3, -0.25) is 0 Å². The highest BCUT2D eigenvalue weighted by atomic mass is 28.3. The van der Waals surface area contributed by atoms with Crippen LogP contribution in [0.4, 0.5) is 0 Å². The number of aryl methyl sites for hydroxylation is 1. The average molecular weight is 499 g/mol. The number of aromatic nitrogens is 1. The van der Waals surface area contributed by atoms with E-state index in [1.165, 1.54) is 91.8 Å². The molecule has 3 aromatic rings. The van der Waals surface area contributed by atoms with Crippen molar-refractivity contribution in [2.75, 3.05) is 0 Å². The minimum Gasteiger partial charge on any atom is -0.200 e. The summed E-state index contributed by atoms with van der Waals surface area (Å²) < 4.78 is 2.39. The second-order valence-corrected chi connectivity index (χ2v) is 18.1. The maximum absolute atomic E-state index is 2.66. The summed E-state index contributed by atoms with van der Waals surface area (Å²) in [6.45, 7) is 12.3. The van der Waals surface area contributed by atoms with Crippen molar-refractivity contribution in [2.24, 2.45) is 7.05 Å². The maximum Gasteiger partial charge on any atom is 0.220 e. The third-order valence-electron chi connectivity index (χ3n) is 10.2. The molecule has 192 valence electrons. The molecule has 0 aliphatic heterocycles. The Bertz CT molecular complexity index is 1230. The molecule has 36 heavy (non-hydrogen) atoms. The molecular formula is C34H48NSi+. The molecule has 2 heteroatoms. The van der Waals surface area contributed by atoms with Gasteiger partial charge in [0.2, 0.25) is 5.69 Å². The number of fused-ring (bicyclic) bond motifs is 1. The van der Waals surface area contributed by atoms with E-state index >= 15 is 0 Å². The largest absolute Gasteiger partial charge is 0.220 e. The van der Waals surface area contributed by atoms with Gasteiger partial charge >= 0.3 is 0 Å². The van der Waals surface area contributed by atoms with Crippen LogP contribution in [0.2, 0.25) is 18.6 Å². The van der Waals surface area contributed by atoms with Crippen molar-refractivity contribution in [2.45, 2.75) is 115 Å². The highest BCUT2D eigenvalue weighted by molar-refractivity contribution is 6.91. The molecule has 0 saturated heterocycles. The summed E-state index contributed by atoms with van der Waals surface area (Å²) in [7, 11) is 0.787. The van der Waals surface area contributed by atoms with Crippen molar-refractivity contribution in [1.82, 2.24) is 0 Å². The van der Waals surface area contributed by atoms with Crippen molar-refractivity contribution < 1.29 is 4.57 Å². The lowest BCUT2D eigenvalue weighted by molar-refractivity contribution is -0.659. The fourth-order valence-electron chi connectivity index (χ4n) is 6.96. The highest BCUT2D eigenvalue weighted by Crippen LogP contribution is 2.42. The number of nitrogens with zero attached hydrogens (tertiary/aromatic N) is 1. The van der Waals surface area contributed by atoms with Gasteiger partial charge in [-0.15, -0.1) is 0 Å². The van der Waals surface area contributed by atoms with E-state index in [2.05, 4.69) is 88.1 Å². The van der Waals surface area contributed by atoms with Gasteiger partial charge in [0.1, 0.15) is 7.05 Å². The molecule has 2 aliphatic rings. The molecule has 0 spiro atoms. The Balaban J connectivity index is 1.69. The van der Waals surface area contributed by atoms with Crippen LogP contribution >= 0.6 is 0 Å². The van der Waals surface area contributed by atoms with E-state index in [4.69, 9.17) is 0 Å². The fraction of sp³-hybridized carbons (Fsp3) is 0.559. The van der Waals surface area contributed by atoms with Gasteiger partial charge in [-0.2, -0.15) is 0 Å². The Morgan fingerprint density at radius 3 is 2.08 bits per heavy atom. The Morgan fingerprint density at radius 1 is 0.806 bits per heavy atom. The van der Waals surface area contributed by atoms with Crippen LogP contribution in [-0.2, 0) is 7.05 Å². The standard InChI is InChI=1S/C34H48NSi/c1-24(2)36(5,6)30-17-18-31-28(21-30)19-20-35(4)34(31)33-23-29(26-13-9-7-10-14-26)22-32(25(33)3)27-15-11-8-12-16-27/h17-24,26-27H,7-16H2,1-6H3/q+1. The van der Waals surface area contributed by atoms with Crippen LogP contribution in [0.5, 0.6) is 0 Å². The lowest BCUT2D eigenvalue weighted by atomic mass is 9.76. The van der Waals surface area contributed by atoms with Crippen LogP contribution in [0, 0.1) is 6.92 Å². The number of hydrogen-bond donors (Lipinski definition) is 0. The van der Waals surface area contributed by atoms with Crippen molar-refractivity contribution in [1.29, 1.82) is 0 Å². The first-order valence-electron chi connectivity index (χ1n) is 14.8. The molecular weight excluding hydrogens is 450 g/mol. The molecule has 1 aromatic heterocycles. The second-order valence-electron chi connectivity index (χ2n) is 12.9. The summed E-state index contributed by atoms with van der Waals surface area (Å²) in [5.41, 5.74) is 8.45. The Morgan fingerprint density at radius 2 is 1.44 bits per heavy atom. The van der Waals surface area contributed by atoms with E-state index in [0.29, 0.717) is 0 Å². The average Bonchev–Trinajstić information content (AvgIpc) is 2.89. The molecule has 0 atom stereocenters. The first-order chi connectivity index (χ1) is 17.3. The van der Waals surface area contributed by atoms with Gasteiger partial charge in [0.05, 0.1) is 19.0 Å². The van der Waals surface area contributed by atoms with E-state index in [9.17, 15) is 0 Å². The molecule has 2 aliphatic carbocycles. The predicted molar refractivity (Wildman–Crippen MR) is 159 cm³/mol. The zero-order valence-electron chi connectivity index (χ0n) is 23.8. The quantitative estimate of drug-likeness (QED) is 0.244. The van der Waals surface area contributed by atoms with E-state index in [1.807, 2.05) is 0 Å². The summed E-state index contributed by atoms with van der Waals surface area (Å²) in [6.07, 6.45) is 16.2. The van der Waals surface area contributed by atoms with E-state index < -0.39 is 8.07 Å². The summed E-state index contributed by atoms with van der Waals surface area (Å²) in [6, 6.07) is 15.0. The van der Waals surface area contributed by atoms with Crippen molar-refractivity contribution in [3.8, 4) is 11.3 Å². The molecule has 0 radical (unpaired) electrons. The fourth-order valence-corrected chi connectivity index (χ4v) is 8.66. The van der Waals surface area contributed by atoms with Crippen molar-refractivity contribution >= 4 is 24.0 Å². The van der Waals surface area contributed by atoms with Crippen LogP contribution in [0.25, 0.3) is 22.0 Å². The van der Waals surface area contributed by atoms with E-state index in [0.717, 1.165) is 17.4 Å². The molecule has 0 N–H and O–H groups in total. The minimum absolute atomic E-state index is 0.738. The zero-order chi connectivity index (χ0) is 25.4. The molecule has 0 amide bonds. The molecule has 1 heterocycles. The summed E-state index contributed by atoms with van der Waals surface area (Å²) in [4.78, 5) is 0. The van der Waals surface area contributed by atoms with Gasteiger partial charge in [0.15, 0.2) is 6.20 Å². The van der Waals surface area contributed by atoms with Gasteiger partial charge in [-0.25, -0.2) is 4.57 Å². The van der Waals surface area contributed by atoms with Crippen LogP contribution in [0.1, 0.15) is 107 Å². The number of rotatable bonds is 5. The van der Waals surface area contributed by atoms with Crippen LogP contribution in [0.3, 0.4) is 0 Å². The number of pyridine rings is 1. The lowest BCUT2D eigenvalue weighted by Gasteiger charge is -2.29. The molecule has 1 nitrogen and oxygen atoms in total. The maximum atomic E-state index is 2.66. The van der Waals surface area contributed by atoms with Gasteiger partial charge in [0, 0.05) is 6.07 Å². The highest BCUT2D eigenvalue weighted by Gasteiger charge is 2.30. The van der Waals surface area contributed by atoms with E-state index in [1.54, 1.807) is 16.3 Å². The molecule has 5 rings (SSSR count). The molecule has 2 fully saturated rings. The summed E-state index contributed by atoms with van der Waals surface area (Å²) in [5, 5.41) is 4.40. The Kier molecular flexibility index (Phi) is 7.46. The Labute approximate surface area is 221 Å². The molecule has 0 bridgehead atoms. The summed E-state index contributed by atoms with van der Waals surface area (Å²) >= 11 is 0. The number of hydrogen-bond acceptors (Lipinski definition) is 0. The molecule has 0 unspecified atom stereocenters. The van der Waals surface area contributed by atoms with E-state index in [-0.39, 0.29) is 0 Å². The second kappa shape index (κ2) is 10.4. The monoisotopic (exact) mass is 498 g/mol. The van der Waals surface area contributed by atoms with Gasteiger partial charge in [0.25, 0.3) is 0 Å². The van der Waals surface area contributed by atoms with Crippen molar-refractivity contribution in [3.63, 3.8) is 0 Å². The zero-order valence-corrected chi connectivity index (χ0v) is 24.8. The van der Waals surface area contributed by atoms with Gasteiger partial charge < -0.3 is 0 Å². The minimum atomic E-state index is -1.47. The third-order valence-corrected chi connectivity index (χ3v) is 14.9. The van der Waals surface area contributed by atoms with Crippen LogP contribution < -0.4 is 9.75 Å². The smallest absolute Gasteiger partial charge is 0.200 e. The van der Waals surface area contributed by atoms with Crippen molar-refractivity contribution in [3.05, 3.63) is 59.3 Å². The molecule has 2 saturated carbocycles. The lowest BCUT2D eigenvalue weighted by Crippen LogP contribution is -2.44. The predicted octanol–water partition coefficient (Wildman–Crippen LogP) is 9.06. The molecule has 2 aromatic carbocycles. The topological polar surface area (TPSA) is 3.88 Å². The first-order valence-corrected chi connectivity index (χ1v) is 17.9. The van der Waals surface area contributed by atoms with Crippen LogP contribution in [-0.4, -0.2) is 8.07 Å². The summed E-state index contributed by atoms with van der Waals surface area (Å²) in [5.74, 6) is 1.48. The number of benzene rings is 2.